The Hall–Kier alpha value is -3.17. The fourth-order valence-corrected chi connectivity index (χ4v) is 6.99. The van der Waals surface area contributed by atoms with Gasteiger partial charge in [-0.05, 0) is 54.5 Å². The van der Waals surface area contributed by atoms with Crippen LogP contribution in [0.1, 0.15) is 44.1 Å². The molecule has 2 aromatic carbocycles. The fraction of sp³-hybridized carbons (Fsp3) is 0.357. The first-order valence-electron chi connectivity index (χ1n) is 12.6. The topological polar surface area (TPSA) is 90.3 Å². The summed E-state index contributed by atoms with van der Waals surface area (Å²) in [4.78, 5) is 17.6. The zero-order valence-electron chi connectivity index (χ0n) is 21.4. The van der Waals surface area contributed by atoms with Crippen LogP contribution in [-0.2, 0) is 34.1 Å². The lowest BCUT2D eigenvalue weighted by atomic mass is 10.0. The molecule has 2 heterocycles. The summed E-state index contributed by atoms with van der Waals surface area (Å²) < 4.78 is 35.9. The van der Waals surface area contributed by atoms with Crippen molar-refractivity contribution in [2.24, 2.45) is 5.92 Å². The number of thiophene rings is 1. The summed E-state index contributed by atoms with van der Waals surface area (Å²) in [5.74, 6) is 0.366. The number of ether oxygens (including phenoxy) is 1. The Labute approximate surface area is 222 Å². The molecule has 4 aromatic rings. The van der Waals surface area contributed by atoms with Gasteiger partial charge in [0, 0.05) is 17.0 Å². The third-order valence-corrected chi connectivity index (χ3v) is 8.96. The van der Waals surface area contributed by atoms with Crippen LogP contribution in [0.5, 0.6) is 0 Å². The molecule has 0 bridgehead atoms. The predicted octanol–water partition coefficient (Wildman–Crippen LogP) is 6.42. The highest BCUT2D eigenvalue weighted by Gasteiger charge is 2.26. The number of nitrogens with one attached hydrogen (secondary N) is 1. The van der Waals surface area contributed by atoms with Gasteiger partial charge in [0.15, 0.2) is 0 Å². The van der Waals surface area contributed by atoms with Crippen LogP contribution in [0.15, 0.2) is 65.1 Å². The number of nitrogens with zero attached hydrogens (tertiary/aromatic N) is 2. The van der Waals surface area contributed by atoms with Crippen molar-refractivity contribution >= 4 is 38.5 Å². The summed E-state index contributed by atoms with van der Waals surface area (Å²) in [5, 5.41) is 0. The lowest BCUT2D eigenvalue weighted by molar-refractivity contribution is 0.151. The Morgan fingerprint density at radius 3 is 2.73 bits per heavy atom. The maximum Gasteiger partial charge on any atom is 0.421 e. The van der Waals surface area contributed by atoms with Crippen LogP contribution in [-0.4, -0.2) is 30.7 Å². The summed E-state index contributed by atoms with van der Waals surface area (Å²) in [6.45, 7) is 7.09. The van der Waals surface area contributed by atoms with E-state index in [0.717, 1.165) is 52.8 Å². The van der Waals surface area contributed by atoms with Gasteiger partial charge in [-0.3, -0.25) is 0 Å². The molecule has 0 radical (unpaired) electrons. The first-order chi connectivity index (χ1) is 17.8. The maximum atomic E-state index is 13.2. The number of imidazole rings is 1. The van der Waals surface area contributed by atoms with Gasteiger partial charge in [0.25, 0.3) is 10.0 Å². The lowest BCUT2D eigenvalue weighted by Gasteiger charge is -2.10. The summed E-state index contributed by atoms with van der Waals surface area (Å²) in [7, 11) is -4.09. The molecule has 0 fully saturated rings. The largest absolute Gasteiger partial charge is 0.449 e. The first-order valence-corrected chi connectivity index (χ1v) is 14.9. The van der Waals surface area contributed by atoms with Gasteiger partial charge in [0.2, 0.25) is 0 Å². The Bertz CT molecular complexity index is 1470. The van der Waals surface area contributed by atoms with Gasteiger partial charge in [-0.25, -0.2) is 22.9 Å². The molecule has 0 aliphatic rings. The Morgan fingerprint density at radius 1 is 1.14 bits per heavy atom. The zero-order chi connectivity index (χ0) is 26.4. The molecule has 37 heavy (non-hydrogen) atoms. The van der Waals surface area contributed by atoms with E-state index in [2.05, 4.69) is 34.2 Å². The highest BCUT2D eigenvalue weighted by molar-refractivity contribution is 7.92. The van der Waals surface area contributed by atoms with Gasteiger partial charge in [0.1, 0.15) is 4.21 Å². The fourth-order valence-electron chi connectivity index (χ4n) is 4.15. The van der Waals surface area contributed by atoms with E-state index < -0.39 is 16.1 Å². The van der Waals surface area contributed by atoms with Crippen molar-refractivity contribution in [2.45, 2.75) is 57.2 Å². The minimum Gasteiger partial charge on any atom is -0.449 e. The number of aryl methyl sites for hydroxylation is 2. The van der Waals surface area contributed by atoms with Crippen molar-refractivity contribution in [2.75, 3.05) is 6.61 Å². The van der Waals surface area contributed by atoms with Crippen LogP contribution >= 0.6 is 11.3 Å². The molecule has 1 N–H and O–H groups in total. The summed E-state index contributed by atoms with van der Waals surface area (Å²) in [6.07, 6.45) is 3.95. The number of sulfonamides is 1. The number of carbonyl (C=O) groups is 1. The summed E-state index contributed by atoms with van der Waals surface area (Å²) in [6, 6.07) is 17.9. The third kappa shape index (κ3) is 6.78. The van der Waals surface area contributed by atoms with Gasteiger partial charge < -0.3 is 9.30 Å². The van der Waals surface area contributed by atoms with Gasteiger partial charge in [0.05, 0.1) is 24.0 Å². The van der Waals surface area contributed by atoms with Crippen molar-refractivity contribution in [1.29, 1.82) is 0 Å². The van der Waals surface area contributed by atoms with E-state index in [1.54, 1.807) is 0 Å². The smallest absolute Gasteiger partial charge is 0.421 e. The van der Waals surface area contributed by atoms with Crippen LogP contribution in [0.2, 0.25) is 0 Å². The minimum absolute atomic E-state index is 0.133. The maximum absolute atomic E-state index is 13.2. The summed E-state index contributed by atoms with van der Waals surface area (Å²) >= 11 is 1.21. The van der Waals surface area contributed by atoms with Gasteiger partial charge in [-0.2, -0.15) is 0 Å². The molecule has 9 heteroatoms. The molecule has 0 atom stereocenters. The number of hydrogen-bond donors (Lipinski definition) is 1. The number of rotatable bonds is 11. The number of fused-ring (bicyclic) bond motifs is 1. The molecule has 0 spiro atoms. The molecule has 0 aliphatic carbocycles. The SMILES string of the molecule is CCCCOC(=O)NS(=O)(=O)c1sc(CC(C)C)cc1-c1cccc(CCn2cnc3ccccc32)c1. The standard InChI is InChI=1S/C28H33N3O4S2/c1-4-5-15-35-28(32)30-37(33,34)27-24(18-23(36-27)16-20(2)3)22-10-8-9-21(17-22)13-14-31-19-29-25-11-6-7-12-26(25)31/h6-12,17-20H,4-5,13-16H2,1-3H3,(H,30,32). The molecule has 196 valence electrons. The van der Waals surface area contributed by atoms with Crippen molar-refractivity contribution < 1.29 is 17.9 Å². The first kappa shape index (κ1) is 26.9. The molecule has 0 saturated heterocycles. The van der Waals surface area contributed by atoms with Crippen LogP contribution in [0.25, 0.3) is 22.2 Å². The number of unbranched alkanes of at least 4 members (excludes halogenated alkanes) is 1. The molecule has 0 saturated carbocycles. The molecule has 2 aromatic heterocycles. The quantitative estimate of drug-likeness (QED) is 0.222. The van der Waals surface area contributed by atoms with Crippen LogP contribution in [0.4, 0.5) is 4.79 Å². The van der Waals surface area contributed by atoms with E-state index >= 15 is 0 Å². The van der Waals surface area contributed by atoms with Gasteiger partial charge in [-0.15, -0.1) is 11.3 Å². The van der Waals surface area contributed by atoms with Crippen LogP contribution in [0.3, 0.4) is 0 Å². The van der Waals surface area contributed by atoms with E-state index in [1.807, 2.05) is 61.8 Å². The number of amides is 1. The average Bonchev–Trinajstić information content (AvgIpc) is 3.47. The van der Waals surface area contributed by atoms with Crippen molar-refractivity contribution in [1.82, 2.24) is 14.3 Å². The third-order valence-electron chi connectivity index (χ3n) is 5.96. The van der Waals surface area contributed by atoms with Crippen LogP contribution < -0.4 is 4.72 Å². The molecular weight excluding hydrogens is 506 g/mol. The number of para-hydroxylation sites is 2. The second kappa shape index (κ2) is 11.9. The monoisotopic (exact) mass is 539 g/mol. The van der Waals surface area contributed by atoms with E-state index in [4.69, 9.17) is 4.74 Å². The van der Waals surface area contributed by atoms with E-state index in [1.165, 1.54) is 11.3 Å². The molecular formula is C28H33N3O4S2. The van der Waals surface area contributed by atoms with Gasteiger partial charge in [-0.1, -0.05) is 63.6 Å². The Morgan fingerprint density at radius 2 is 1.95 bits per heavy atom. The minimum atomic E-state index is -4.09. The van der Waals surface area contributed by atoms with E-state index in [-0.39, 0.29) is 10.8 Å². The highest BCUT2D eigenvalue weighted by Crippen LogP contribution is 2.36. The molecule has 0 unspecified atom stereocenters. The molecule has 7 nitrogen and oxygen atoms in total. The number of aromatic nitrogens is 2. The normalized spacial score (nSPS) is 11.8. The Balaban J connectivity index is 1.59. The molecule has 1 amide bonds. The molecule has 4 rings (SSSR count). The predicted molar refractivity (Wildman–Crippen MR) is 148 cm³/mol. The second-order valence-electron chi connectivity index (χ2n) is 9.48. The molecule has 0 aliphatic heterocycles. The zero-order valence-corrected chi connectivity index (χ0v) is 23.1. The summed E-state index contributed by atoms with van der Waals surface area (Å²) in [5.41, 5.74) is 4.54. The average molecular weight is 540 g/mol. The van der Waals surface area contributed by atoms with Crippen molar-refractivity contribution in [3.05, 3.63) is 71.4 Å². The number of hydrogen-bond acceptors (Lipinski definition) is 6. The van der Waals surface area contributed by atoms with E-state index in [9.17, 15) is 13.2 Å². The number of carbonyl (C=O) groups excluding carboxylic acids is 1. The van der Waals surface area contributed by atoms with Crippen molar-refractivity contribution in [3.63, 3.8) is 0 Å². The van der Waals surface area contributed by atoms with Crippen molar-refractivity contribution in [3.8, 4) is 11.1 Å². The number of benzene rings is 2. The Kier molecular flexibility index (Phi) is 8.66. The second-order valence-corrected chi connectivity index (χ2v) is 12.5. The van der Waals surface area contributed by atoms with Crippen LogP contribution in [0, 0.1) is 5.92 Å². The lowest BCUT2D eigenvalue weighted by Crippen LogP contribution is -2.31. The van der Waals surface area contributed by atoms with Gasteiger partial charge >= 0.3 is 6.09 Å². The highest BCUT2D eigenvalue weighted by atomic mass is 32.2. The van der Waals surface area contributed by atoms with E-state index in [0.29, 0.717) is 17.9 Å².